The Bertz CT molecular complexity index is 991. The van der Waals surface area contributed by atoms with Crippen LogP contribution in [0.15, 0.2) is 59.5 Å². The number of hydrogen-bond acceptors (Lipinski definition) is 5. The summed E-state index contributed by atoms with van der Waals surface area (Å²) in [5, 5.41) is 11.0. The Labute approximate surface area is 177 Å². The van der Waals surface area contributed by atoms with Crippen molar-refractivity contribution in [3.63, 3.8) is 0 Å². The maximum Gasteiger partial charge on any atom is 0.317 e. The molecule has 0 bridgehead atoms. The van der Waals surface area contributed by atoms with Crippen molar-refractivity contribution in [1.82, 2.24) is 10.2 Å². The van der Waals surface area contributed by atoms with Crippen molar-refractivity contribution >= 4 is 21.8 Å². The second kappa shape index (κ2) is 9.30. The van der Waals surface area contributed by atoms with Crippen LogP contribution in [-0.4, -0.2) is 51.2 Å². The van der Waals surface area contributed by atoms with E-state index < -0.39 is 9.84 Å². The summed E-state index contributed by atoms with van der Waals surface area (Å²) in [6.45, 7) is 2.81. The number of ether oxygens (including phenoxy) is 1. The predicted octanol–water partition coefficient (Wildman–Crippen LogP) is 3.03. The third kappa shape index (κ3) is 4.81. The summed E-state index contributed by atoms with van der Waals surface area (Å²) in [6.07, 6.45) is 0. The van der Waals surface area contributed by atoms with Crippen LogP contribution in [0.4, 0.5) is 4.79 Å². The first kappa shape index (κ1) is 21.8. The number of benzene rings is 2. The zero-order valence-electron chi connectivity index (χ0n) is 17.2. The average Bonchev–Trinajstić information content (AvgIpc) is 3.23. The van der Waals surface area contributed by atoms with Gasteiger partial charge in [0.1, 0.15) is 0 Å². The van der Waals surface area contributed by atoms with Crippen LogP contribution in [0.1, 0.15) is 24.0 Å². The number of amides is 2. The number of nitrogens with one attached hydrogen (secondary N) is 2. The van der Waals surface area contributed by atoms with Crippen LogP contribution in [-0.2, 0) is 21.1 Å². The maximum absolute atomic E-state index is 12.7. The molecule has 1 aliphatic rings. The Balaban J connectivity index is 1.65. The highest BCUT2D eigenvalue weighted by Crippen LogP contribution is 2.33. The van der Waals surface area contributed by atoms with Gasteiger partial charge in [-0.05, 0) is 23.3 Å². The zero-order chi connectivity index (χ0) is 21.7. The fraction of sp³-hybridized carbons (Fsp3) is 0.364. The van der Waals surface area contributed by atoms with Gasteiger partial charge >= 0.3 is 6.03 Å². The Morgan fingerprint density at radius 1 is 1.13 bits per heavy atom. The van der Waals surface area contributed by atoms with Gasteiger partial charge in [-0.1, -0.05) is 49.4 Å². The van der Waals surface area contributed by atoms with E-state index in [9.17, 15) is 13.2 Å². The number of nitrogens with zero attached hydrogens (tertiary/aromatic N) is 1. The second-order valence-electron chi connectivity index (χ2n) is 7.30. The first-order valence-electron chi connectivity index (χ1n) is 9.87. The average molecular weight is 430 g/mol. The normalized spacial score (nSPS) is 18.8. The van der Waals surface area contributed by atoms with Gasteiger partial charge in [-0.15, -0.1) is 0 Å². The molecule has 0 aliphatic carbocycles. The molecule has 1 aliphatic heterocycles. The number of hydrogen-bond donors (Lipinski definition) is 2. The minimum Gasteiger partial charge on any atom is -0.484 e. The van der Waals surface area contributed by atoms with E-state index in [1.54, 1.807) is 36.1 Å². The van der Waals surface area contributed by atoms with Crippen molar-refractivity contribution in [3.05, 3.63) is 65.7 Å². The molecule has 2 atom stereocenters. The molecule has 8 heteroatoms. The van der Waals surface area contributed by atoms with Gasteiger partial charge in [0, 0.05) is 25.6 Å². The number of rotatable bonds is 6. The van der Waals surface area contributed by atoms with Crippen molar-refractivity contribution in [1.29, 1.82) is 5.41 Å². The van der Waals surface area contributed by atoms with E-state index in [1.807, 2.05) is 30.3 Å². The Morgan fingerprint density at radius 2 is 1.80 bits per heavy atom. The lowest BCUT2D eigenvalue weighted by atomic mass is 9.89. The molecular formula is C22H27N3O4S. The lowest BCUT2D eigenvalue weighted by Gasteiger charge is -2.18. The second-order valence-corrected chi connectivity index (χ2v) is 9.58. The van der Waals surface area contributed by atoms with E-state index in [1.165, 1.54) is 7.11 Å². The highest BCUT2D eigenvalue weighted by molar-refractivity contribution is 7.91. The minimum atomic E-state index is -3.24. The molecule has 7 nitrogen and oxygen atoms in total. The third-order valence-corrected chi connectivity index (χ3v) is 7.25. The molecule has 2 N–H and O–H groups in total. The van der Waals surface area contributed by atoms with E-state index in [4.69, 9.17) is 10.1 Å². The zero-order valence-corrected chi connectivity index (χ0v) is 18.0. The van der Waals surface area contributed by atoms with E-state index in [2.05, 4.69) is 5.32 Å². The number of urea groups is 1. The van der Waals surface area contributed by atoms with Crippen molar-refractivity contribution in [2.24, 2.45) is 5.92 Å². The summed E-state index contributed by atoms with van der Waals surface area (Å²) in [4.78, 5) is 14.7. The number of likely N-dealkylation sites (tertiary alicyclic amines) is 1. The summed E-state index contributed by atoms with van der Waals surface area (Å²) >= 11 is 0. The molecule has 160 valence electrons. The fourth-order valence-corrected chi connectivity index (χ4v) is 4.58. The maximum atomic E-state index is 12.7. The monoisotopic (exact) mass is 429 g/mol. The Hall–Kier alpha value is -2.87. The van der Waals surface area contributed by atoms with Gasteiger partial charge in [-0.2, -0.15) is 0 Å². The molecule has 0 aromatic heterocycles. The van der Waals surface area contributed by atoms with Gasteiger partial charge < -0.3 is 15.0 Å². The smallest absolute Gasteiger partial charge is 0.317 e. The van der Waals surface area contributed by atoms with Gasteiger partial charge in [-0.3, -0.25) is 5.41 Å². The van der Waals surface area contributed by atoms with Crippen molar-refractivity contribution in [2.45, 2.75) is 24.3 Å². The van der Waals surface area contributed by atoms with E-state index in [-0.39, 0.29) is 34.4 Å². The SMILES string of the molecule is CCS(=O)(=O)c1ccc(CNC(=O)N2CC(C(=N)OC)C(c3ccccc3)C2)cc1. The third-order valence-electron chi connectivity index (χ3n) is 5.50. The molecule has 1 heterocycles. The lowest BCUT2D eigenvalue weighted by molar-refractivity contribution is 0.207. The molecule has 0 radical (unpaired) electrons. The fourth-order valence-electron chi connectivity index (χ4n) is 3.70. The van der Waals surface area contributed by atoms with Crippen LogP contribution in [0, 0.1) is 11.3 Å². The van der Waals surface area contributed by atoms with Crippen molar-refractivity contribution in [3.8, 4) is 0 Å². The molecular weight excluding hydrogens is 402 g/mol. The summed E-state index contributed by atoms with van der Waals surface area (Å²) in [5.41, 5.74) is 1.89. The van der Waals surface area contributed by atoms with Crippen molar-refractivity contribution < 1.29 is 17.9 Å². The number of methoxy groups -OCH3 is 1. The Kier molecular flexibility index (Phi) is 6.77. The minimum absolute atomic E-state index is 0.00272. The van der Waals surface area contributed by atoms with Crippen LogP contribution in [0.5, 0.6) is 0 Å². The number of sulfone groups is 1. The van der Waals surface area contributed by atoms with E-state index >= 15 is 0 Å². The summed E-state index contributed by atoms with van der Waals surface area (Å²) in [6, 6.07) is 16.2. The topological polar surface area (TPSA) is 99.6 Å². The molecule has 1 fully saturated rings. The molecule has 30 heavy (non-hydrogen) atoms. The van der Waals surface area contributed by atoms with Crippen LogP contribution < -0.4 is 5.32 Å². The van der Waals surface area contributed by atoms with Crippen molar-refractivity contribution in [2.75, 3.05) is 26.0 Å². The molecule has 2 unspecified atom stereocenters. The molecule has 2 aromatic carbocycles. The summed E-state index contributed by atoms with van der Waals surface area (Å²) in [5.74, 6) is 0.0367. The van der Waals surface area contributed by atoms with Gasteiger partial charge in [0.15, 0.2) is 15.7 Å². The molecule has 2 aromatic rings. The van der Waals surface area contributed by atoms with E-state index in [0.717, 1.165) is 11.1 Å². The highest BCUT2D eigenvalue weighted by atomic mass is 32.2. The van der Waals surface area contributed by atoms with Gasteiger partial charge in [-0.25, -0.2) is 13.2 Å². The standard InChI is InChI=1S/C22H27N3O4S/c1-3-30(27,28)18-11-9-16(10-12-18)13-24-22(26)25-14-19(17-7-5-4-6-8-17)20(15-25)21(23)29-2/h4-12,19-20,23H,3,13-15H2,1-2H3,(H,24,26). The highest BCUT2D eigenvalue weighted by Gasteiger charge is 2.39. The van der Waals surface area contributed by atoms with Crippen LogP contribution >= 0.6 is 0 Å². The summed E-state index contributed by atoms with van der Waals surface area (Å²) in [7, 11) is -1.75. The molecule has 3 rings (SSSR count). The number of carbonyl (C=O) groups excluding carboxylic acids is 1. The molecule has 1 saturated heterocycles. The quantitative estimate of drug-likeness (QED) is 0.545. The van der Waals surface area contributed by atoms with Crippen LogP contribution in [0.3, 0.4) is 0 Å². The van der Waals surface area contributed by atoms with Gasteiger partial charge in [0.05, 0.1) is 23.7 Å². The first-order valence-corrected chi connectivity index (χ1v) is 11.5. The predicted molar refractivity (Wildman–Crippen MR) is 115 cm³/mol. The molecule has 2 amide bonds. The van der Waals surface area contributed by atoms with Crippen LogP contribution in [0.25, 0.3) is 0 Å². The molecule has 0 saturated carbocycles. The van der Waals surface area contributed by atoms with Gasteiger partial charge in [0.25, 0.3) is 0 Å². The molecule has 0 spiro atoms. The first-order chi connectivity index (χ1) is 14.4. The van der Waals surface area contributed by atoms with Gasteiger partial charge in [0.2, 0.25) is 0 Å². The summed E-state index contributed by atoms with van der Waals surface area (Å²) < 4.78 is 29.0. The lowest BCUT2D eigenvalue weighted by Crippen LogP contribution is -2.38. The number of carbonyl (C=O) groups is 1. The van der Waals surface area contributed by atoms with Crippen LogP contribution in [0.2, 0.25) is 0 Å². The Morgan fingerprint density at radius 3 is 2.40 bits per heavy atom. The largest absolute Gasteiger partial charge is 0.484 e. The van der Waals surface area contributed by atoms with E-state index in [0.29, 0.717) is 19.6 Å².